The number of rotatable bonds is 4. The largest absolute Gasteiger partial charge is 0.460 e. The summed E-state index contributed by atoms with van der Waals surface area (Å²) >= 11 is 0. The van der Waals surface area contributed by atoms with Gasteiger partial charge in [-0.2, -0.15) is 0 Å². The fourth-order valence-electron chi connectivity index (χ4n) is 5.88. The number of aromatic nitrogens is 2. The Morgan fingerprint density at radius 3 is 2.00 bits per heavy atom. The van der Waals surface area contributed by atoms with E-state index < -0.39 is 0 Å². The van der Waals surface area contributed by atoms with Gasteiger partial charge in [-0.3, -0.25) is 0 Å². The molecule has 5 aromatic carbocycles. The molecule has 0 amide bonds. The normalized spacial score (nSPS) is 14.4. The van der Waals surface area contributed by atoms with Gasteiger partial charge < -0.3 is 4.42 Å². The topological polar surface area (TPSA) is 38.9 Å². The molecule has 3 heteroatoms. The Kier molecular flexibility index (Phi) is 5.60. The molecule has 2 aromatic heterocycles. The van der Waals surface area contributed by atoms with Gasteiger partial charge in [0.25, 0.3) is 0 Å². The predicted octanol–water partition coefficient (Wildman–Crippen LogP) is 9.73. The third kappa shape index (κ3) is 4.32. The van der Waals surface area contributed by atoms with E-state index in [1.165, 1.54) is 21.9 Å². The third-order valence-corrected chi connectivity index (χ3v) is 8.03. The van der Waals surface area contributed by atoms with Gasteiger partial charge in [-0.25, -0.2) is 9.97 Å². The summed E-state index contributed by atoms with van der Waals surface area (Å²) in [6.07, 6.45) is 5.38. The van der Waals surface area contributed by atoms with Gasteiger partial charge in [-0.15, -0.1) is 0 Å². The molecule has 2 heterocycles. The summed E-state index contributed by atoms with van der Waals surface area (Å²) in [5, 5.41) is 3.66. The Labute approximate surface area is 238 Å². The number of furan rings is 1. The smallest absolute Gasteiger partial charge is 0.160 e. The number of hydrogen-bond donors (Lipinski definition) is 0. The maximum Gasteiger partial charge on any atom is 0.160 e. The van der Waals surface area contributed by atoms with Gasteiger partial charge in [0, 0.05) is 40.0 Å². The highest BCUT2D eigenvalue weighted by Gasteiger charge is 2.22. The zero-order chi connectivity index (χ0) is 27.2. The minimum atomic E-state index is 0.284. The summed E-state index contributed by atoms with van der Waals surface area (Å²) in [6, 6.07) is 44.2. The second kappa shape index (κ2) is 9.72. The third-order valence-electron chi connectivity index (χ3n) is 8.03. The minimum Gasteiger partial charge on any atom is -0.460 e. The first-order valence-corrected chi connectivity index (χ1v) is 14.0. The molecule has 7 aromatic rings. The van der Waals surface area contributed by atoms with Crippen molar-refractivity contribution in [2.75, 3.05) is 0 Å². The molecule has 0 radical (unpaired) electrons. The van der Waals surface area contributed by atoms with Crippen LogP contribution in [0, 0.1) is 0 Å². The van der Waals surface area contributed by atoms with E-state index in [1.807, 2.05) is 36.4 Å². The number of allylic oxidation sites excluding steroid dienone is 1. The highest BCUT2D eigenvalue weighted by molar-refractivity contribution is 5.92. The van der Waals surface area contributed by atoms with Crippen LogP contribution < -0.4 is 0 Å². The molecule has 8 rings (SSSR count). The van der Waals surface area contributed by atoms with Crippen molar-refractivity contribution in [2.24, 2.45) is 0 Å². The molecular formula is C38H26N2O. The maximum atomic E-state index is 6.51. The molecule has 0 fully saturated rings. The fraction of sp³-hybridized carbons (Fsp3) is 0.0526. The van der Waals surface area contributed by atoms with Crippen molar-refractivity contribution in [3.05, 3.63) is 150 Å². The zero-order valence-electron chi connectivity index (χ0n) is 22.4. The molecule has 0 bridgehead atoms. The summed E-state index contributed by atoms with van der Waals surface area (Å²) in [5.41, 5.74) is 8.21. The molecule has 0 aliphatic heterocycles. The molecular weight excluding hydrogens is 500 g/mol. The van der Waals surface area contributed by atoms with Crippen LogP contribution in [0.4, 0.5) is 0 Å². The number of benzene rings is 5. The SMILES string of the molecule is C1=CC(c2ccc3ccccc3c2)Cc2oc3cc(-c4nc(-c5ccccc5)cc(-c5ccccc5)n4)ccc3c21. The van der Waals surface area contributed by atoms with Gasteiger partial charge in [0.2, 0.25) is 0 Å². The van der Waals surface area contributed by atoms with Gasteiger partial charge in [0.15, 0.2) is 5.82 Å². The molecule has 0 spiro atoms. The van der Waals surface area contributed by atoms with Crippen molar-refractivity contribution in [2.45, 2.75) is 12.3 Å². The van der Waals surface area contributed by atoms with Crippen LogP contribution in [-0.4, -0.2) is 9.97 Å². The first kappa shape index (κ1) is 23.6. The van der Waals surface area contributed by atoms with Gasteiger partial charge in [-0.05, 0) is 34.5 Å². The van der Waals surface area contributed by atoms with Crippen LogP contribution in [0.2, 0.25) is 0 Å². The molecule has 3 nitrogen and oxygen atoms in total. The van der Waals surface area contributed by atoms with Crippen molar-refractivity contribution < 1.29 is 4.42 Å². The molecule has 0 saturated heterocycles. The average molecular weight is 527 g/mol. The minimum absolute atomic E-state index is 0.284. The van der Waals surface area contributed by atoms with Gasteiger partial charge in [-0.1, -0.05) is 121 Å². The maximum absolute atomic E-state index is 6.51. The summed E-state index contributed by atoms with van der Waals surface area (Å²) < 4.78 is 6.51. The second-order valence-corrected chi connectivity index (χ2v) is 10.6. The molecule has 41 heavy (non-hydrogen) atoms. The molecule has 0 N–H and O–H groups in total. The predicted molar refractivity (Wildman–Crippen MR) is 168 cm³/mol. The lowest BCUT2D eigenvalue weighted by Crippen LogP contribution is -2.04. The summed E-state index contributed by atoms with van der Waals surface area (Å²) in [4.78, 5) is 10.00. The van der Waals surface area contributed by atoms with E-state index in [-0.39, 0.29) is 5.92 Å². The first-order valence-electron chi connectivity index (χ1n) is 14.0. The lowest BCUT2D eigenvalue weighted by atomic mass is 9.87. The van der Waals surface area contributed by atoms with Crippen molar-refractivity contribution in [3.63, 3.8) is 0 Å². The van der Waals surface area contributed by atoms with Crippen LogP contribution in [0.25, 0.3) is 61.7 Å². The molecule has 1 aliphatic carbocycles. The number of hydrogen-bond acceptors (Lipinski definition) is 3. The van der Waals surface area contributed by atoms with Crippen LogP contribution in [0.5, 0.6) is 0 Å². The van der Waals surface area contributed by atoms with Crippen molar-refractivity contribution in [1.82, 2.24) is 9.97 Å². The van der Waals surface area contributed by atoms with E-state index in [0.29, 0.717) is 5.82 Å². The van der Waals surface area contributed by atoms with Crippen molar-refractivity contribution >= 4 is 27.8 Å². The van der Waals surface area contributed by atoms with Crippen molar-refractivity contribution in [1.29, 1.82) is 0 Å². The van der Waals surface area contributed by atoms with Gasteiger partial charge >= 0.3 is 0 Å². The average Bonchev–Trinajstić information content (AvgIpc) is 3.42. The van der Waals surface area contributed by atoms with Crippen LogP contribution in [-0.2, 0) is 6.42 Å². The van der Waals surface area contributed by atoms with Crippen LogP contribution in [0.15, 0.2) is 138 Å². The Morgan fingerprint density at radius 2 is 1.27 bits per heavy atom. The highest BCUT2D eigenvalue weighted by Crippen LogP contribution is 2.38. The molecule has 1 unspecified atom stereocenters. The molecule has 0 saturated carbocycles. The van der Waals surface area contributed by atoms with Crippen LogP contribution in [0.3, 0.4) is 0 Å². The quantitative estimate of drug-likeness (QED) is 0.229. The lowest BCUT2D eigenvalue weighted by molar-refractivity contribution is 0.533. The second-order valence-electron chi connectivity index (χ2n) is 10.6. The van der Waals surface area contributed by atoms with E-state index in [4.69, 9.17) is 14.4 Å². The Morgan fingerprint density at radius 1 is 0.585 bits per heavy atom. The van der Waals surface area contributed by atoms with E-state index in [2.05, 4.69) is 103 Å². The van der Waals surface area contributed by atoms with E-state index >= 15 is 0 Å². The van der Waals surface area contributed by atoms with Gasteiger partial charge in [0.1, 0.15) is 11.3 Å². The van der Waals surface area contributed by atoms with Crippen molar-refractivity contribution in [3.8, 4) is 33.9 Å². The number of nitrogens with zero attached hydrogens (tertiary/aromatic N) is 2. The number of fused-ring (bicyclic) bond motifs is 4. The molecule has 1 aliphatic rings. The summed E-state index contributed by atoms with van der Waals surface area (Å²) in [6.45, 7) is 0. The van der Waals surface area contributed by atoms with Gasteiger partial charge in [0.05, 0.1) is 11.4 Å². The standard InChI is InChI=1S/C38H26N2O/c1-3-10-26(11-4-1)34-24-35(27-12-5-2-6-13-27)40-38(39-34)31-18-20-33-32-19-17-30(22-36(32)41-37(33)23-31)29-16-15-25-9-7-8-14-28(25)21-29/h1-21,23-24,30H,22H2. The highest BCUT2D eigenvalue weighted by atomic mass is 16.3. The summed E-state index contributed by atoms with van der Waals surface area (Å²) in [5.74, 6) is 2.00. The zero-order valence-corrected chi connectivity index (χ0v) is 22.4. The van der Waals surface area contributed by atoms with Crippen LogP contribution in [0.1, 0.15) is 22.8 Å². The fourth-order valence-corrected chi connectivity index (χ4v) is 5.88. The van der Waals surface area contributed by atoms with E-state index in [0.717, 1.165) is 51.2 Å². The Bertz CT molecular complexity index is 2020. The Balaban J connectivity index is 1.18. The summed E-state index contributed by atoms with van der Waals surface area (Å²) in [7, 11) is 0. The lowest BCUT2D eigenvalue weighted by Gasteiger charge is -2.17. The Hall–Kier alpha value is -5.28. The van der Waals surface area contributed by atoms with E-state index in [9.17, 15) is 0 Å². The van der Waals surface area contributed by atoms with Crippen LogP contribution >= 0.6 is 0 Å². The molecule has 194 valence electrons. The molecule has 1 atom stereocenters. The first-order chi connectivity index (χ1) is 20.3. The monoisotopic (exact) mass is 526 g/mol. The van der Waals surface area contributed by atoms with E-state index in [1.54, 1.807) is 0 Å².